The highest BCUT2D eigenvalue weighted by atomic mass is 35.5. The van der Waals surface area contributed by atoms with Crippen molar-refractivity contribution in [3.05, 3.63) is 70.8 Å². The van der Waals surface area contributed by atoms with Gasteiger partial charge in [-0.25, -0.2) is 27.2 Å². The largest absolute Gasteiger partial charge is 0.447 e. The van der Waals surface area contributed by atoms with Gasteiger partial charge in [0.1, 0.15) is 18.2 Å². The van der Waals surface area contributed by atoms with Crippen LogP contribution in [-0.2, 0) is 11.3 Å². The standard InChI is InChI=1S/C26H27ClF4N4O5/c1-26(2,38)11-18(35(13-21(30)31)24(36)32-12-16-6-4-8-19(29)23(16)27)14-39-25(37)33-22-10-20(40-34-22)15-5-3-7-17(28)9-15/h3-10,18,21,38H,11-14H2,1-2H3,(H,32,36)(H,33,34,37)/t18-/m0/s1. The van der Waals surface area contributed by atoms with Gasteiger partial charge in [-0.05, 0) is 44.0 Å². The minimum absolute atomic E-state index is 0.0718. The fourth-order valence-corrected chi connectivity index (χ4v) is 3.96. The SMILES string of the molecule is CC(C)(O)C[C@@H](COC(=O)Nc1cc(-c2cccc(F)c2)on1)N(CC(F)F)C(=O)NCc1cccc(F)c1Cl. The Bertz CT molecular complexity index is 1320. The van der Waals surface area contributed by atoms with E-state index in [0.29, 0.717) is 5.56 Å². The fraction of sp³-hybridized carbons (Fsp3) is 0.346. The molecule has 0 aliphatic heterocycles. The monoisotopic (exact) mass is 586 g/mol. The van der Waals surface area contributed by atoms with Crippen LogP contribution in [0.5, 0.6) is 0 Å². The van der Waals surface area contributed by atoms with E-state index in [-0.39, 0.29) is 35.1 Å². The summed E-state index contributed by atoms with van der Waals surface area (Å²) >= 11 is 5.90. The normalized spacial score (nSPS) is 12.2. The maximum absolute atomic E-state index is 13.7. The number of nitrogens with zero attached hydrogens (tertiary/aromatic N) is 2. The summed E-state index contributed by atoms with van der Waals surface area (Å²) in [5.74, 6) is -1.13. The second-order valence-electron chi connectivity index (χ2n) is 9.40. The van der Waals surface area contributed by atoms with Gasteiger partial charge in [0.25, 0.3) is 6.43 Å². The van der Waals surface area contributed by atoms with Crippen molar-refractivity contribution in [2.24, 2.45) is 0 Å². The number of benzene rings is 2. The van der Waals surface area contributed by atoms with E-state index in [4.69, 9.17) is 20.9 Å². The molecule has 3 aromatic rings. The van der Waals surface area contributed by atoms with E-state index >= 15 is 0 Å². The molecular weight excluding hydrogens is 560 g/mol. The van der Waals surface area contributed by atoms with Crippen molar-refractivity contribution in [3.8, 4) is 11.3 Å². The molecule has 0 saturated carbocycles. The van der Waals surface area contributed by atoms with Gasteiger partial charge in [-0.1, -0.05) is 41.0 Å². The number of aliphatic hydroxyl groups is 1. The number of amides is 3. The van der Waals surface area contributed by atoms with Crippen molar-refractivity contribution in [1.29, 1.82) is 0 Å². The number of rotatable bonds is 11. The summed E-state index contributed by atoms with van der Waals surface area (Å²) in [4.78, 5) is 26.1. The summed E-state index contributed by atoms with van der Waals surface area (Å²) in [7, 11) is 0. The van der Waals surface area contributed by atoms with Crippen molar-refractivity contribution < 1.29 is 41.5 Å². The van der Waals surface area contributed by atoms with E-state index in [2.05, 4.69) is 15.8 Å². The number of urea groups is 1. The third kappa shape index (κ3) is 9.12. The Balaban J connectivity index is 1.69. The first-order valence-corrected chi connectivity index (χ1v) is 12.3. The van der Waals surface area contributed by atoms with E-state index < -0.39 is 55.0 Å². The average molecular weight is 587 g/mol. The molecule has 3 amide bonds. The van der Waals surface area contributed by atoms with Crippen LogP contribution >= 0.6 is 11.6 Å². The number of hydrogen-bond donors (Lipinski definition) is 3. The molecule has 0 unspecified atom stereocenters. The number of carbonyl (C=O) groups excluding carboxylic acids is 2. The van der Waals surface area contributed by atoms with E-state index in [1.807, 2.05) is 0 Å². The predicted octanol–water partition coefficient (Wildman–Crippen LogP) is 5.83. The summed E-state index contributed by atoms with van der Waals surface area (Å²) in [6.07, 6.45) is -4.25. The van der Waals surface area contributed by atoms with Crippen LogP contribution in [0.15, 0.2) is 53.1 Å². The highest BCUT2D eigenvalue weighted by Crippen LogP contribution is 2.24. The van der Waals surface area contributed by atoms with Gasteiger partial charge in [0.15, 0.2) is 11.6 Å². The van der Waals surface area contributed by atoms with Crippen LogP contribution in [0.2, 0.25) is 5.02 Å². The first-order chi connectivity index (χ1) is 18.8. The van der Waals surface area contributed by atoms with E-state index in [9.17, 15) is 32.3 Å². The van der Waals surface area contributed by atoms with Crippen LogP contribution in [0.4, 0.5) is 33.0 Å². The number of alkyl halides is 2. The lowest BCUT2D eigenvalue weighted by Gasteiger charge is -2.34. The van der Waals surface area contributed by atoms with Crippen molar-refractivity contribution in [1.82, 2.24) is 15.4 Å². The van der Waals surface area contributed by atoms with Gasteiger partial charge in [0.05, 0.1) is 23.2 Å². The fourth-order valence-electron chi connectivity index (χ4n) is 3.76. The molecule has 3 rings (SSSR count). The number of nitrogens with one attached hydrogen (secondary N) is 2. The molecule has 3 N–H and O–H groups in total. The van der Waals surface area contributed by atoms with E-state index in [0.717, 1.165) is 11.0 Å². The summed E-state index contributed by atoms with van der Waals surface area (Å²) in [5, 5.41) is 18.5. The third-order valence-corrected chi connectivity index (χ3v) is 5.91. The van der Waals surface area contributed by atoms with Crippen molar-refractivity contribution in [2.75, 3.05) is 18.5 Å². The minimum Gasteiger partial charge on any atom is -0.447 e. The van der Waals surface area contributed by atoms with Crippen LogP contribution in [0.3, 0.4) is 0 Å². The zero-order valence-electron chi connectivity index (χ0n) is 21.5. The van der Waals surface area contributed by atoms with E-state index in [1.54, 1.807) is 6.07 Å². The molecule has 0 aliphatic rings. The Labute approximate surface area is 232 Å². The molecule has 0 aliphatic carbocycles. The van der Waals surface area contributed by atoms with E-state index in [1.165, 1.54) is 50.2 Å². The predicted molar refractivity (Wildman–Crippen MR) is 138 cm³/mol. The molecule has 1 heterocycles. The van der Waals surface area contributed by atoms with Gasteiger partial charge in [-0.2, -0.15) is 0 Å². The smallest absolute Gasteiger partial charge is 0.412 e. The average Bonchev–Trinajstić information content (AvgIpc) is 3.33. The van der Waals surface area contributed by atoms with Gasteiger partial charge in [0.2, 0.25) is 0 Å². The molecule has 216 valence electrons. The summed E-state index contributed by atoms with van der Waals surface area (Å²) in [6, 6.07) is 8.58. The Hall–Kier alpha value is -3.84. The summed E-state index contributed by atoms with van der Waals surface area (Å²) in [6.45, 7) is 0.897. The summed E-state index contributed by atoms with van der Waals surface area (Å²) in [5.41, 5.74) is -0.859. The molecule has 14 heteroatoms. The Morgan fingerprint density at radius 2 is 1.90 bits per heavy atom. The lowest BCUT2D eigenvalue weighted by Crippen LogP contribution is -2.52. The Morgan fingerprint density at radius 3 is 2.58 bits per heavy atom. The number of anilines is 1. The second-order valence-corrected chi connectivity index (χ2v) is 9.77. The highest BCUT2D eigenvalue weighted by Gasteiger charge is 2.32. The molecular formula is C26H27ClF4N4O5. The zero-order valence-corrected chi connectivity index (χ0v) is 22.2. The van der Waals surface area contributed by atoms with Gasteiger partial charge in [-0.3, -0.25) is 5.32 Å². The maximum atomic E-state index is 13.7. The third-order valence-electron chi connectivity index (χ3n) is 5.49. The van der Waals surface area contributed by atoms with Gasteiger partial charge >= 0.3 is 12.1 Å². The second kappa shape index (κ2) is 13.5. The highest BCUT2D eigenvalue weighted by molar-refractivity contribution is 6.31. The lowest BCUT2D eigenvalue weighted by atomic mass is 9.98. The van der Waals surface area contributed by atoms with Gasteiger partial charge in [0, 0.05) is 18.2 Å². The lowest BCUT2D eigenvalue weighted by molar-refractivity contribution is 0.00713. The molecule has 2 aromatic carbocycles. The molecule has 0 fully saturated rings. The summed E-state index contributed by atoms with van der Waals surface area (Å²) < 4.78 is 64.3. The quantitative estimate of drug-likeness (QED) is 0.244. The number of aromatic nitrogens is 1. The zero-order chi connectivity index (χ0) is 29.4. The topological polar surface area (TPSA) is 117 Å². The Kier molecular flexibility index (Phi) is 10.3. The number of ether oxygens (including phenoxy) is 1. The van der Waals surface area contributed by atoms with Gasteiger partial charge < -0.3 is 24.6 Å². The molecule has 9 nitrogen and oxygen atoms in total. The molecule has 0 radical (unpaired) electrons. The first kappa shape index (κ1) is 30.7. The number of hydrogen-bond acceptors (Lipinski definition) is 6. The van der Waals surface area contributed by atoms with Crippen molar-refractivity contribution >= 4 is 29.5 Å². The van der Waals surface area contributed by atoms with Crippen LogP contribution in [0, 0.1) is 11.6 Å². The molecule has 0 saturated heterocycles. The molecule has 0 spiro atoms. The molecule has 40 heavy (non-hydrogen) atoms. The van der Waals surface area contributed by atoms with Gasteiger partial charge in [-0.15, -0.1) is 0 Å². The number of carbonyl (C=O) groups is 2. The minimum atomic E-state index is -2.96. The number of halogens is 5. The molecule has 1 atom stereocenters. The first-order valence-electron chi connectivity index (χ1n) is 12.0. The van der Waals surface area contributed by atoms with Crippen molar-refractivity contribution in [2.45, 2.75) is 44.9 Å². The van der Waals surface area contributed by atoms with Crippen LogP contribution in [0.1, 0.15) is 25.8 Å². The molecule has 1 aromatic heterocycles. The van der Waals surface area contributed by atoms with Crippen LogP contribution in [-0.4, -0.2) is 58.5 Å². The Morgan fingerprint density at radius 1 is 1.18 bits per heavy atom. The van der Waals surface area contributed by atoms with Crippen LogP contribution in [0.25, 0.3) is 11.3 Å². The van der Waals surface area contributed by atoms with Crippen LogP contribution < -0.4 is 10.6 Å². The molecule has 0 bridgehead atoms. The maximum Gasteiger partial charge on any atom is 0.412 e. The van der Waals surface area contributed by atoms with Crippen molar-refractivity contribution in [3.63, 3.8) is 0 Å².